The van der Waals surface area contributed by atoms with Crippen molar-refractivity contribution in [2.24, 2.45) is 16.9 Å². The number of hydrogen-bond acceptors (Lipinski definition) is 2. The van der Waals surface area contributed by atoms with Gasteiger partial charge in [-0.1, -0.05) is 111 Å². The molecule has 0 aliphatic rings. The van der Waals surface area contributed by atoms with Gasteiger partial charge in [-0.25, -0.2) is 0 Å². The second-order valence-corrected chi connectivity index (χ2v) is 8.57. The second kappa shape index (κ2) is 13.6. The number of nitrogens with two attached hydrogens (primary N) is 2. The molecule has 3 heteroatoms. The standard InChI is InChI=1S/C22H46N2O/c1-5-7-8-9-10-11-12-13-14-15-16-17-18-19-21(3,4)22(24,6-2)20(23)25/h5-19,24H2,1-4H3,(H2,23,25). The third kappa shape index (κ3) is 9.63. The molecular weight excluding hydrogens is 308 g/mol. The minimum Gasteiger partial charge on any atom is -0.368 e. The van der Waals surface area contributed by atoms with Gasteiger partial charge in [0.2, 0.25) is 5.91 Å². The summed E-state index contributed by atoms with van der Waals surface area (Å²) >= 11 is 0. The van der Waals surface area contributed by atoms with Crippen molar-refractivity contribution in [3.05, 3.63) is 0 Å². The van der Waals surface area contributed by atoms with Crippen LogP contribution in [0.1, 0.15) is 124 Å². The molecule has 0 saturated heterocycles. The Morgan fingerprint density at radius 2 is 1.08 bits per heavy atom. The number of unbranched alkanes of at least 4 members (excludes halogenated alkanes) is 12. The Labute approximate surface area is 157 Å². The third-order valence-electron chi connectivity index (χ3n) is 6.11. The summed E-state index contributed by atoms with van der Waals surface area (Å²) in [4.78, 5) is 11.7. The molecule has 0 aliphatic carbocycles. The van der Waals surface area contributed by atoms with Gasteiger partial charge in [-0.2, -0.15) is 0 Å². The highest BCUT2D eigenvalue weighted by atomic mass is 16.1. The molecule has 1 unspecified atom stereocenters. The Morgan fingerprint density at radius 3 is 1.40 bits per heavy atom. The van der Waals surface area contributed by atoms with Crippen LogP contribution in [0.5, 0.6) is 0 Å². The summed E-state index contributed by atoms with van der Waals surface area (Å²) in [5.41, 5.74) is 10.7. The smallest absolute Gasteiger partial charge is 0.238 e. The van der Waals surface area contributed by atoms with Gasteiger partial charge in [-0.15, -0.1) is 0 Å². The fourth-order valence-electron chi connectivity index (χ4n) is 3.79. The molecule has 0 aromatic heterocycles. The molecule has 0 saturated carbocycles. The topological polar surface area (TPSA) is 69.1 Å². The largest absolute Gasteiger partial charge is 0.368 e. The number of hydrogen-bond donors (Lipinski definition) is 2. The zero-order chi connectivity index (χ0) is 19.2. The summed E-state index contributed by atoms with van der Waals surface area (Å²) in [6, 6.07) is 0. The van der Waals surface area contributed by atoms with E-state index in [0.717, 1.165) is 12.8 Å². The molecule has 3 nitrogen and oxygen atoms in total. The van der Waals surface area contributed by atoms with Gasteiger partial charge < -0.3 is 11.5 Å². The fourth-order valence-corrected chi connectivity index (χ4v) is 3.79. The van der Waals surface area contributed by atoms with Crippen LogP contribution in [0.3, 0.4) is 0 Å². The molecule has 0 spiro atoms. The zero-order valence-electron chi connectivity index (χ0n) is 17.7. The van der Waals surface area contributed by atoms with Crippen molar-refractivity contribution < 1.29 is 4.79 Å². The SMILES string of the molecule is CCCCCCCCCCCCCCCC(C)(C)C(N)(CC)C(N)=O. The summed E-state index contributed by atoms with van der Waals surface area (Å²) in [6.07, 6.45) is 19.2. The van der Waals surface area contributed by atoms with Crippen LogP contribution in [0, 0.1) is 5.41 Å². The van der Waals surface area contributed by atoms with Crippen molar-refractivity contribution in [2.75, 3.05) is 0 Å². The van der Waals surface area contributed by atoms with Gasteiger partial charge >= 0.3 is 0 Å². The van der Waals surface area contributed by atoms with E-state index in [1.165, 1.54) is 77.0 Å². The van der Waals surface area contributed by atoms with Gasteiger partial charge in [-0.05, 0) is 18.3 Å². The Balaban J connectivity index is 3.62. The number of amides is 1. The van der Waals surface area contributed by atoms with Crippen LogP contribution in [-0.2, 0) is 4.79 Å². The van der Waals surface area contributed by atoms with E-state index in [9.17, 15) is 4.79 Å². The molecule has 0 aromatic carbocycles. The van der Waals surface area contributed by atoms with Gasteiger partial charge in [0.15, 0.2) is 0 Å². The maximum atomic E-state index is 11.7. The fraction of sp³-hybridized carbons (Fsp3) is 0.955. The first kappa shape index (κ1) is 24.4. The van der Waals surface area contributed by atoms with Crippen LogP contribution in [-0.4, -0.2) is 11.4 Å². The molecule has 25 heavy (non-hydrogen) atoms. The highest BCUT2D eigenvalue weighted by Gasteiger charge is 2.44. The lowest BCUT2D eigenvalue weighted by molar-refractivity contribution is -0.127. The molecule has 4 N–H and O–H groups in total. The average Bonchev–Trinajstić information content (AvgIpc) is 2.57. The Morgan fingerprint density at radius 1 is 0.720 bits per heavy atom. The van der Waals surface area contributed by atoms with Crippen LogP contribution in [0.15, 0.2) is 0 Å². The van der Waals surface area contributed by atoms with Crippen molar-refractivity contribution in [3.63, 3.8) is 0 Å². The second-order valence-electron chi connectivity index (χ2n) is 8.57. The van der Waals surface area contributed by atoms with Gasteiger partial charge in [0, 0.05) is 0 Å². The molecule has 0 bridgehead atoms. The Hall–Kier alpha value is -0.570. The van der Waals surface area contributed by atoms with Crippen LogP contribution in [0.25, 0.3) is 0 Å². The van der Waals surface area contributed by atoms with E-state index < -0.39 is 5.54 Å². The minimum absolute atomic E-state index is 0.231. The Bertz CT molecular complexity index is 341. The van der Waals surface area contributed by atoms with Crippen molar-refractivity contribution >= 4 is 5.91 Å². The molecular formula is C22H46N2O. The summed E-state index contributed by atoms with van der Waals surface area (Å²) in [5.74, 6) is -0.366. The summed E-state index contributed by atoms with van der Waals surface area (Å²) in [6.45, 7) is 8.40. The van der Waals surface area contributed by atoms with E-state index in [-0.39, 0.29) is 11.3 Å². The molecule has 0 rings (SSSR count). The van der Waals surface area contributed by atoms with Crippen LogP contribution < -0.4 is 11.5 Å². The lowest BCUT2D eigenvalue weighted by atomic mass is 9.68. The van der Waals surface area contributed by atoms with E-state index in [0.29, 0.717) is 6.42 Å². The van der Waals surface area contributed by atoms with Crippen molar-refractivity contribution in [1.29, 1.82) is 0 Å². The summed E-state index contributed by atoms with van der Waals surface area (Å²) in [5, 5.41) is 0. The molecule has 0 radical (unpaired) electrons. The number of carbonyl (C=O) groups excluding carboxylic acids is 1. The van der Waals surface area contributed by atoms with Gasteiger partial charge in [0.05, 0.1) is 5.54 Å². The maximum Gasteiger partial charge on any atom is 0.238 e. The lowest BCUT2D eigenvalue weighted by Crippen LogP contribution is -2.61. The Kier molecular flexibility index (Phi) is 13.3. The summed E-state index contributed by atoms with van der Waals surface area (Å²) < 4.78 is 0. The summed E-state index contributed by atoms with van der Waals surface area (Å²) in [7, 11) is 0. The quantitative estimate of drug-likeness (QED) is 0.310. The van der Waals surface area contributed by atoms with E-state index in [1.54, 1.807) is 0 Å². The van der Waals surface area contributed by atoms with E-state index in [2.05, 4.69) is 20.8 Å². The van der Waals surface area contributed by atoms with Gasteiger partial charge in [0.25, 0.3) is 0 Å². The zero-order valence-corrected chi connectivity index (χ0v) is 17.7. The third-order valence-corrected chi connectivity index (χ3v) is 6.11. The molecule has 1 amide bonds. The highest BCUT2D eigenvalue weighted by Crippen LogP contribution is 2.36. The first-order valence-corrected chi connectivity index (χ1v) is 10.9. The van der Waals surface area contributed by atoms with Gasteiger partial charge in [0.1, 0.15) is 0 Å². The number of primary amides is 1. The van der Waals surface area contributed by atoms with Crippen LogP contribution >= 0.6 is 0 Å². The highest BCUT2D eigenvalue weighted by molar-refractivity contribution is 5.85. The molecule has 0 aliphatic heterocycles. The molecule has 1 atom stereocenters. The normalized spacial score (nSPS) is 14.4. The maximum absolute atomic E-state index is 11.7. The van der Waals surface area contributed by atoms with E-state index >= 15 is 0 Å². The van der Waals surface area contributed by atoms with E-state index in [1.807, 2.05) is 6.92 Å². The van der Waals surface area contributed by atoms with Crippen molar-refractivity contribution in [3.8, 4) is 0 Å². The number of rotatable bonds is 17. The van der Waals surface area contributed by atoms with Gasteiger partial charge in [-0.3, -0.25) is 4.79 Å². The lowest BCUT2D eigenvalue weighted by Gasteiger charge is -2.41. The predicted octanol–water partition coefficient (Wildman–Crippen LogP) is 6.09. The number of carbonyl (C=O) groups is 1. The predicted molar refractivity (Wildman–Crippen MR) is 110 cm³/mol. The van der Waals surface area contributed by atoms with E-state index in [4.69, 9.17) is 11.5 Å². The molecule has 0 aromatic rings. The van der Waals surface area contributed by atoms with Crippen LogP contribution in [0.4, 0.5) is 0 Å². The first-order valence-electron chi connectivity index (χ1n) is 10.9. The first-order chi connectivity index (χ1) is 11.8. The average molecular weight is 355 g/mol. The molecule has 0 heterocycles. The van der Waals surface area contributed by atoms with Crippen molar-refractivity contribution in [1.82, 2.24) is 0 Å². The van der Waals surface area contributed by atoms with Crippen LogP contribution in [0.2, 0.25) is 0 Å². The molecule has 0 fully saturated rings. The van der Waals surface area contributed by atoms with Crippen molar-refractivity contribution in [2.45, 2.75) is 130 Å². The minimum atomic E-state index is -0.885. The monoisotopic (exact) mass is 354 g/mol. The molecule has 150 valence electrons.